The van der Waals surface area contributed by atoms with Crippen LogP contribution in [0.4, 0.5) is 11.4 Å². The summed E-state index contributed by atoms with van der Waals surface area (Å²) in [5.74, 6) is 0.0543. The fraction of sp³-hybridized carbons (Fsp3) is 0.0380. The van der Waals surface area contributed by atoms with Crippen molar-refractivity contribution in [3.05, 3.63) is 326 Å². The SMILES string of the molecule is C1=CCC2C(=C1)N(c1ccccc1)c1ccccc1C21c2cc3c(cc2-c2cc4c5ccccc5n(-c5cccc(-c6cccc(-c7ccccc7)c6)c5)c4cc21)c1ccccc1n3-c1cccc(-c2cccc(-c3ccccc3)c2)c1. The molecule has 2 aromatic heterocycles. The van der Waals surface area contributed by atoms with Gasteiger partial charge in [0.05, 0.1) is 33.2 Å². The summed E-state index contributed by atoms with van der Waals surface area (Å²) in [6.45, 7) is 0. The van der Waals surface area contributed by atoms with Crippen molar-refractivity contribution in [2.45, 2.75) is 11.8 Å². The first-order valence-corrected chi connectivity index (χ1v) is 28.7. The molecule has 0 fully saturated rings. The number of allylic oxidation sites excluding steroid dienone is 4. The molecule has 14 aromatic rings. The first kappa shape index (κ1) is 46.4. The summed E-state index contributed by atoms with van der Waals surface area (Å²) in [5.41, 5.74) is 26.4. The molecule has 3 heteroatoms. The summed E-state index contributed by atoms with van der Waals surface area (Å²) in [5, 5.41) is 4.98. The van der Waals surface area contributed by atoms with Crippen LogP contribution in [0.3, 0.4) is 0 Å². The predicted molar refractivity (Wildman–Crippen MR) is 343 cm³/mol. The number of anilines is 2. The van der Waals surface area contributed by atoms with Crippen molar-refractivity contribution < 1.29 is 0 Å². The van der Waals surface area contributed by atoms with Crippen molar-refractivity contribution in [3.63, 3.8) is 0 Å². The van der Waals surface area contributed by atoms with Crippen LogP contribution in [0.25, 0.3) is 111 Å². The minimum Gasteiger partial charge on any atom is -0.314 e. The maximum atomic E-state index is 2.61. The van der Waals surface area contributed by atoms with Gasteiger partial charge in [0.2, 0.25) is 0 Å². The van der Waals surface area contributed by atoms with Crippen LogP contribution in [0, 0.1) is 5.92 Å². The second kappa shape index (κ2) is 18.3. The Morgan fingerprint density at radius 2 is 0.720 bits per heavy atom. The minimum absolute atomic E-state index is 0.0543. The molecule has 17 rings (SSSR count). The maximum Gasteiger partial charge on any atom is 0.0571 e. The molecule has 0 saturated heterocycles. The summed E-state index contributed by atoms with van der Waals surface area (Å²) in [6, 6.07) is 106. The summed E-state index contributed by atoms with van der Waals surface area (Å²) in [4.78, 5) is 2.55. The topological polar surface area (TPSA) is 13.1 Å². The van der Waals surface area contributed by atoms with Crippen molar-refractivity contribution in [2.24, 2.45) is 5.92 Å². The molecule has 82 heavy (non-hydrogen) atoms. The second-order valence-corrected chi connectivity index (χ2v) is 22.3. The molecule has 0 N–H and O–H groups in total. The maximum absolute atomic E-state index is 2.61. The van der Waals surface area contributed by atoms with E-state index in [9.17, 15) is 0 Å². The molecule has 1 spiro atoms. The molecule has 384 valence electrons. The van der Waals surface area contributed by atoms with Gasteiger partial charge in [0, 0.05) is 50.2 Å². The van der Waals surface area contributed by atoms with Crippen LogP contribution in [-0.2, 0) is 5.41 Å². The van der Waals surface area contributed by atoms with Gasteiger partial charge in [0.25, 0.3) is 0 Å². The smallest absolute Gasteiger partial charge is 0.0571 e. The molecule has 1 atom stereocenters. The third-order valence-electron chi connectivity index (χ3n) is 18.1. The van der Waals surface area contributed by atoms with E-state index in [2.05, 4.69) is 317 Å². The molecule has 1 unspecified atom stereocenters. The van der Waals surface area contributed by atoms with Crippen LogP contribution in [0.5, 0.6) is 0 Å². The van der Waals surface area contributed by atoms with Gasteiger partial charge >= 0.3 is 0 Å². The molecule has 3 aliphatic rings. The largest absolute Gasteiger partial charge is 0.314 e. The Balaban J connectivity index is 0.934. The van der Waals surface area contributed by atoms with Crippen molar-refractivity contribution in [2.75, 3.05) is 4.90 Å². The van der Waals surface area contributed by atoms with Crippen molar-refractivity contribution >= 4 is 55.0 Å². The molecule has 1 aliphatic heterocycles. The molecule has 0 saturated carbocycles. The standard InChI is InChI=1S/C79H53N3/c1-4-22-52(23-5-1)54-26-18-28-56(44-54)58-30-20-34-61(46-58)81-73-40-14-10-36-63(73)67-48-65-66-49-68-64-37-11-15-41-74(64)82(62-35-21-31-59(47-62)57-29-19-27-55(45-57)53-24-6-2-7-25-53)78(68)51-72(66)79(71(65)50-77(67)81)69-38-12-16-42-75(69)80(60-32-8-3-9-33-60)76-43-17-13-39-70(76)79/h1-38,40-51,70H,39H2. The number of aromatic nitrogens is 2. The first-order chi connectivity index (χ1) is 40.7. The molecular formula is C79H53N3. The Hall–Kier alpha value is -10.5. The lowest BCUT2D eigenvalue weighted by Gasteiger charge is -2.51. The lowest BCUT2D eigenvalue weighted by molar-refractivity contribution is 0.416. The van der Waals surface area contributed by atoms with Crippen molar-refractivity contribution in [1.29, 1.82) is 0 Å². The van der Waals surface area contributed by atoms with Crippen LogP contribution in [0.15, 0.2) is 309 Å². The predicted octanol–water partition coefficient (Wildman–Crippen LogP) is 20.5. The van der Waals surface area contributed by atoms with Gasteiger partial charge in [0.15, 0.2) is 0 Å². The Morgan fingerprint density at radius 1 is 0.305 bits per heavy atom. The van der Waals surface area contributed by atoms with Crippen molar-refractivity contribution in [3.8, 4) is 67.0 Å². The average molecular weight is 1040 g/mol. The van der Waals surface area contributed by atoms with Crippen LogP contribution < -0.4 is 4.90 Å². The Morgan fingerprint density at radius 3 is 1.26 bits per heavy atom. The van der Waals surface area contributed by atoms with Crippen LogP contribution >= 0.6 is 0 Å². The Kier molecular flexibility index (Phi) is 10.4. The Bertz CT molecular complexity index is 4710. The molecule has 3 heterocycles. The highest BCUT2D eigenvalue weighted by Gasteiger charge is 2.56. The lowest BCUT2D eigenvalue weighted by atomic mass is 9.58. The quantitative estimate of drug-likeness (QED) is 0.155. The van der Waals surface area contributed by atoms with E-state index < -0.39 is 5.41 Å². The van der Waals surface area contributed by atoms with Crippen LogP contribution in [0.1, 0.15) is 23.1 Å². The second-order valence-electron chi connectivity index (χ2n) is 22.3. The third kappa shape index (κ3) is 6.90. The van der Waals surface area contributed by atoms with Gasteiger partial charge in [0.1, 0.15) is 0 Å². The van der Waals surface area contributed by atoms with Gasteiger partial charge in [-0.25, -0.2) is 0 Å². The number of nitrogens with zero attached hydrogens (tertiary/aromatic N) is 3. The van der Waals surface area contributed by atoms with E-state index in [0.29, 0.717) is 0 Å². The third-order valence-corrected chi connectivity index (χ3v) is 18.1. The molecule has 0 bridgehead atoms. The van der Waals surface area contributed by atoms with E-state index in [1.54, 1.807) is 0 Å². The van der Waals surface area contributed by atoms with Crippen LogP contribution in [-0.4, -0.2) is 9.13 Å². The number of rotatable bonds is 7. The number of hydrogen-bond donors (Lipinski definition) is 0. The summed E-state index contributed by atoms with van der Waals surface area (Å²) in [7, 11) is 0. The lowest BCUT2D eigenvalue weighted by Crippen LogP contribution is -2.46. The zero-order valence-corrected chi connectivity index (χ0v) is 45.0. The van der Waals surface area contributed by atoms with E-state index in [1.807, 2.05) is 0 Å². The fourth-order valence-electron chi connectivity index (χ4n) is 14.6. The summed E-state index contributed by atoms with van der Waals surface area (Å²) >= 11 is 0. The van der Waals surface area contributed by atoms with Gasteiger partial charge in [-0.2, -0.15) is 0 Å². The van der Waals surface area contributed by atoms with E-state index in [4.69, 9.17) is 0 Å². The highest BCUT2D eigenvalue weighted by atomic mass is 15.2. The van der Waals surface area contributed by atoms with Gasteiger partial charge in [-0.15, -0.1) is 0 Å². The highest BCUT2D eigenvalue weighted by molar-refractivity contribution is 6.15. The number of fused-ring (bicyclic) bond motifs is 15. The minimum atomic E-state index is -0.590. The fourth-order valence-corrected chi connectivity index (χ4v) is 14.6. The van der Waals surface area contributed by atoms with E-state index in [0.717, 1.165) is 17.8 Å². The molecule has 12 aromatic carbocycles. The van der Waals surface area contributed by atoms with Gasteiger partial charge in [-0.1, -0.05) is 206 Å². The molecule has 2 aliphatic carbocycles. The zero-order chi connectivity index (χ0) is 53.9. The van der Waals surface area contributed by atoms with Gasteiger partial charge < -0.3 is 14.0 Å². The normalized spacial score (nSPS) is 14.8. The van der Waals surface area contributed by atoms with Gasteiger partial charge in [-0.3, -0.25) is 0 Å². The van der Waals surface area contributed by atoms with Crippen molar-refractivity contribution in [1.82, 2.24) is 9.13 Å². The highest BCUT2D eigenvalue weighted by Crippen LogP contribution is 2.66. The number of benzene rings is 12. The van der Waals surface area contributed by atoms with Crippen LogP contribution in [0.2, 0.25) is 0 Å². The summed E-state index contributed by atoms with van der Waals surface area (Å²) < 4.78 is 5.07. The summed E-state index contributed by atoms with van der Waals surface area (Å²) in [6.07, 6.45) is 7.97. The van der Waals surface area contributed by atoms with E-state index in [1.165, 1.54) is 133 Å². The number of hydrogen-bond acceptors (Lipinski definition) is 1. The molecular weight excluding hydrogens is 991 g/mol. The molecule has 3 nitrogen and oxygen atoms in total. The average Bonchev–Trinajstić information content (AvgIpc) is 1.76. The Labute approximate surface area is 476 Å². The molecule has 0 radical (unpaired) electrons. The van der Waals surface area contributed by atoms with E-state index >= 15 is 0 Å². The van der Waals surface area contributed by atoms with E-state index in [-0.39, 0.29) is 5.92 Å². The monoisotopic (exact) mass is 1040 g/mol. The molecule has 0 amide bonds. The van der Waals surface area contributed by atoms with Gasteiger partial charge in [-0.05, 0) is 176 Å². The number of para-hydroxylation sites is 4. The first-order valence-electron chi connectivity index (χ1n) is 28.7. The zero-order valence-electron chi connectivity index (χ0n) is 45.0.